The van der Waals surface area contributed by atoms with Gasteiger partial charge < -0.3 is 9.64 Å². The molecule has 6 rings (SSSR count). The molecule has 2 unspecified atom stereocenters. The van der Waals surface area contributed by atoms with Gasteiger partial charge >= 0.3 is 0 Å². The number of pyridine rings is 1. The monoisotopic (exact) mass is 455 g/mol. The summed E-state index contributed by atoms with van der Waals surface area (Å²) in [6.07, 6.45) is 13.3. The molecule has 8 nitrogen and oxygen atoms in total. The Labute approximate surface area is 199 Å². The third-order valence-electron chi connectivity index (χ3n) is 7.37. The van der Waals surface area contributed by atoms with Crippen LogP contribution >= 0.6 is 0 Å². The number of hydrogen-bond donors (Lipinski definition) is 0. The van der Waals surface area contributed by atoms with Gasteiger partial charge in [-0.1, -0.05) is 6.08 Å². The number of nitriles is 1. The van der Waals surface area contributed by atoms with Gasteiger partial charge in [0.2, 0.25) is 0 Å². The number of ether oxygens (including phenoxy) is 1. The van der Waals surface area contributed by atoms with Crippen LogP contribution < -0.4 is 4.90 Å². The minimum atomic E-state index is -0.290. The molecule has 3 aliphatic rings. The predicted octanol–water partition coefficient (Wildman–Crippen LogP) is 5.10. The summed E-state index contributed by atoms with van der Waals surface area (Å²) in [6.45, 7) is 3.64. The van der Waals surface area contributed by atoms with Crippen LogP contribution in [0.1, 0.15) is 69.5 Å². The van der Waals surface area contributed by atoms with E-state index in [1.165, 1.54) is 0 Å². The Morgan fingerprint density at radius 2 is 2.15 bits per heavy atom. The van der Waals surface area contributed by atoms with Gasteiger partial charge in [0.25, 0.3) is 0 Å². The van der Waals surface area contributed by atoms with E-state index >= 15 is 0 Å². The fraction of sp³-hybridized carbons (Fsp3) is 0.500. The Bertz CT molecular complexity index is 1300. The Hall–Kier alpha value is -3.31. The first-order chi connectivity index (χ1) is 16.6. The van der Waals surface area contributed by atoms with E-state index in [4.69, 9.17) is 19.8 Å². The van der Waals surface area contributed by atoms with Crippen LogP contribution in [0.3, 0.4) is 0 Å². The highest BCUT2D eigenvalue weighted by Gasteiger charge is 2.30. The van der Waals surface area contributed by atoms with Gasteiger partial charge in [-0.25, -0.2) is 14.6 Å². The fourth-order valence-electron chi connectivity index (χ4n) is 5.26. The SMILES string of the molecule is CC1(C#N)CC=C(c2cnc3c(N4CCCc5ncccc54)nn(C4CCCCO4)c3n2)CC1. The molecule has 34 heavy (non-hydrogen) atoms. The summed E-state index contributed by atoms with van der Waals surface area (Å²) in [7, 11) is 0. The molecular weight excluding hydrogens is 426 g/mol. The van der Waals surface area contributed by atoms with Gasteiger partial charge in [-0.05, 0) is 76.0 Å². The smallest absolute Gasteiger partial charge is 0.183 e. The zero-order valence-electron chi connectivity index (χ0n) is 19.6. The van der Waals surface area contributed by atoms with Crippen molar-refractivity contribution in [3.8, 4) is 6.07 Å². The molecule has 0 N–H and O–H groups in total. The van der Waals surface area contributed by atoms with Crippen LogP contribution in [0.4, 0.5) is 11.5 Å². The second-order valence-corrected chi connectivity index (χ2v) is 9.85. The third-order valence-corrected chi connectivity index (χ3v) is 7.37. The number of fused-ring (bicyclic) bond motifs is 2. The molecule has 0 aromatic carbocycles. The van der Waals surface area contributed by atoms with Crippen molar-refractivity contribution in [3.63, 3.8) is 0 Å². The van der Waals surface area contributed by atoms with Gasteiger partial charge in [-0.15, -0.1) is 5.10 Å². The van der Waals surface area contributed by atoms with Gasteiger partial charge in [-0.3, -0.25) is 4.98 Å². The molecule has 3 aromatic rings. The van der Waals surface area contributed by atoms with Crippen molar-refractivity contribution in [1.82, 2.24) is 24.7 Å². The van der Waals surface area contributed by atoms with E-state index < -0.39 is 0 Å². The van der Waals surface area contributed by atoms with Crippen molar-refractivity contribution in [2.45, 2.75) is 64.5 Å². The van der Waals surface area contributed by atoms with Gasteiger partial charge in [0.1, 0.15) is 0 Å². The van der Waals surface area contributed by atoms with Crippen LogP contribution in [0.2, 0.25) is 0 Å². The lowest BCUT2D eigenvalue weighted by molar-refractivity contribution is -0.0368. The van der Waals surface area contributed by atoms with Gasteiger partial charge in [0.05, 0.1) is 34.8 Å². The lowest BCUT2D eigenvalue weighted by atomic mass is 9.77. The summed E-state index contributed by atoms with van der Waals surface area (Å²) in [5.41, 5.74) is 5.51. The second kappa shape index (κ2) is 8.48. The molecule has 0 radical (unpaired) electrons. The number of nitrogens with zero attached hydrogens (tertiary/aromatic N) is 7. The maximum atomic E-state index is 9.48. The third kappa shape index (κ3) is 3.64. The molecule has 8 heteroatoms. The molecular formula is C26H29N7O. The number of aryl methyl sites for hydroxylation is 1. The molecule has 1 fully saturated rings. The van der Waals surface area contributed by atoms with E-state index in [-0.39, 0.29) is 11.6 Å². The highest BCUT2D eigenvalue weighted by atomic mass is 16.5. The van der Waals surface area contributed by atoms with Crippen LogP contribution in [0.5, 0.6) is 0 Å². The summed E-state index contributed by atoms with van der Waals surface area (Å²) in [5.74, 6) is 0.826. The Morgan fingerprint density at radius 1 is 1.21 bits per heavy atom. The van der Waals surface area contributed by atoms with Crippen LogP contribution in [0, 0.1) is 16.7 Å². The summed E-state index contributed by atoms with van der Waals surface area (Å²) in [6, 6.07) is 6.56. The minimum absolute atomic E-state index is 0.130. The number of anilines is 2. The molecule has 174 valence electrons. The molecule has 0 saturated carbocycles. The highest BCUT2D eigenvalue weighted by Crippen LogP contribution is 2.40. The van der Waals surface area contributed by atoms with Crippen LogP contribution in [-0.2, 0) is 11.2 Å². The van der Waals surface area contributed by atoms with Gasteiger partial charge in [0.15, 0.2) is 23.2 Å². The summed E-state index contributed by atoms with van der Waals surface area (Å²) < 4.78 is 8.07. The number of allylic oxidation sites excluding steroid dienone is 2. The molecule has 2 aliphatic heterocycles. The minimum Gasteiger partial charge on any atom is -0.356 e. The van der Waals surface area contributed by atoms with E-state index in [0.717, 1.165) is 104 Å². The molecule has 5 heterocycles. The van der Waals surface area contributed by atoms with Crippen molar-refractivity contribution in [1.29, 1.82) is 5.26 Å². The second-order valence-electron chi connectivity index (χ2n) is 9.85. The summed E-state index contributed by atoms with van der Waals surface area (Å²) in [5, 5.41) is 14.5. The molecule has 0 amide bonds. The Morgan fingerprint density at radius 3 is 2.94 bits per heavy atom. The standard InChI is InChI=1S/C26H29N7O/c1-26(17-27)11-9-18(10-12-26)20-16-29-23-24(30-20)33(22-8-2-3-15-34-22)31-25(23)32-14-5-6-19-21(32)7-4-13-28-19/h4,7,9,13,16,22H,2-3,5-6,8,10-12,14-15H2,1H3. The largest absolute Gasteiger partial charge is 0.356 e. The first-order valence-electron chi connectivity index (χ1n) is 12.3. The van der Waals surface area contributed by atoms with Gasteiger partial charge in [0, 0.05) is 19.3 Å². The van der Waals surface area contributed by atoms with E-state index in [9.17, 15) is 5.26 Å². The first kappa shape index (κ1) is 21.2. The lowest BCUT2D eigenvalue weighted by Gasteiger charge is -2.28. The summed E-state index contributed by atoms with van der Waals surface area (Å²) in [4.78, 5) is 16.8. The molecule has 0 bridgehead atoms. The van der Waals surface area contributed by atoms with E-state index in [1.54, 1.807) is 0 Å². The molecule has 2 atom stereocenters. The predicted molar refractivity (Wildman–Crippen MR) is 129 cm³/mol. The van der Waals surface area contributed by atoms with Gasteiger partial charge in [-0.2, -0.15) is 5.26 Å². The van der Waals surface area contributed by atoms with Crippen molar-refractivity contribution >= 4 is 28.2 Å². The first-order valence-corrected chi connectivity index (χ1v) is 12.3. The average molecular weight is 456 g/mol. The number of rotatable bonds is 3. The molecule has 3 aromatic heterocycles. The van der Waals surface area contributed by atoms with Crippen LogP contribution in [0.25, 0.3) is 16.7 Å². The van der Waals surface area contributed by atoms with E-state index in [2.05, 4.69) is 28.1 Å². The van der Waals surface area contributed by atoms with E-state index in [0.29, 0.717) is 0 Å². The maximum Gasteiger partial charge on any atom is 0.183 e. The fourth-order valence-corrected chi connectivity index (χ4v) is 5.26. The quantitative estimate of drug-likeness (QED) is 0.542. The lowest BCUT2D eigenvalue weighted by Crippen LogP contribution is -2.26. The van der Waals surface area contributed by atoms with Crippen molar-refractivity contribution < 1.29 is 4.74 Å². The zero-order chi connectivity index (χ0) is 23.1. The topological polar surface area (TPSA) is 92.8 Å². The number of hydrogen-bond acceptors (Lipinski definition) is 7. The highest BCUT2D eigenvalue weighted by molar-refractivity contribution is 5.88. The van der Waals surface area contributed by atoms with Crippen LogP contribution in [0.15, 0.2) is 30.6 Å². The van der Waals surface area contributed by atoms with Crippen LogP contribution in [-0.4, -0.2) is 37.9 Å². The molecule has 1 aliphatic carbocycles. The van der Waals surface area contributed by atoms with Crippen molar-refractivity contribution in [3.05, 3.63) is 42.0 Å². The van der Waals surface area contributed by atoms with E-state index in [1.807, 2.05) is 30.1 Å². The zero-order valence-corrected chi connectivity index (χ0v) is 19.6. The normalized spacial score (nSPS) is 25.0. The van der Waals surface area contributed by atoms with Crippen molar-refractivity contribution in [2.75, 3.05) is 18.1 Å². The number of aromatic nitrogens is 5. The Balaban J connectivity index is 1.46. The Kier molecular flexibility index (Phi) is 5.30. The summed E-state index contributed by atoms with van der Waals surface area (Å²) >= 11 is 0. The maximum absolute atomic E-state index is 9.48. The van der Waals surface area contributed by atoms with Crippen molar-refractivity contribution in [2.24, 2.45) is 5.41 Å². The average Bonchev–Trinajstić information content (AvgIpc) is 3.28. The molecule has 0 spiro atoms. The molecule has 1 saturated heterocycles.